The predicted octanol–water partition coefficient (Wildman–Crippen LogP) is 4.74. The lowest BCUT2D eigenvalue weighted by Crippen LogP contribution is -2.47. The maximum Gasteiger partial charge on any atom is 0.408 e. The molecule has 7 nitrogen and oxygen atoms in total. The number of hydrogen-bond donors (Lipinski definition) is 2. The minimum absolute atomic E-state index is 0.301. The van der Waals surface area contributed by atoms with Crippen molar-refractivity contribution in [3.63, 3.8) is 0 Å². The van der Waals surface area contributed by atoms with Gasteiger partial charge in [-0.05, 0) is 50.6 Å². The number of nitrogens with zero attached hydrogens (tertiary/aromatic N) is 2. The van der Waals surface area contributed by atoms with Gasteiger partial charge in [0.25, 0.3) is 0 Å². The van der Waals surface area contributed by atoms with Gasteiger partial charge in [0.15, 0.2) is 0 Å². The van der Waals surface area contributed by atoms with Gasteiger partial charge in [-0.25, -0.2) is 4.79 Å². The summed E-state index contributed by atoms with van der Waals surface area (Å²) < 4.78 is 9.46. The number of carbonyl (C=O) groups excluding carboxylic acids is 2. The Morgan fingerprint density at radius 1 is 0.939 bits per heavy atom. The zero-order valence-corrected chi connectivity index (χ0v) is 19.7. The van der Waals surface area contributed by atoms with Crippen molar-refractivity contribution in [2.24, 2.45) is 14.1 Å². The molecule has 0 aliphatic carbocycles. The predicted molar refractivity (Wildman–Crippen MR) is 131 cm³/mol. The highest BCUT2D eigenvalue weighted by molar-refractivity contribution is 6.04. The van der Waals surface area contributed by atoms with Gasteiger partial charge in [0.2, 0.25) is 5.91 Å². The van der Waals surface area contributed by atoms with Gasteiger partial charge in [0.05, 0.1) is 5.69 Å². The van der Waals surface area contributed by atoms with E-state index in [0.717, 1.165) is 27.4 Å². The third kappa shape index (κ3) is 4.87. The number of alkyl carbamates (subject to hydrolysis) is 1. The molecule has 2 amide bonds. The number of anilines is 1. The van der Waals surface area contributed by atoms with Crippen LogP contribution in [0.2, 0.25) is 0 Å². The zero-order chi connectivity index (χ0) is 23.8. The van der Waals surface area contributed by atoms with Crippen molar-refractivity contribution in [2.45, 2.75) is 38.8 Å². The molecule has 0 bridgehead atoms. The molecule has 4 rings (SSSR count). The molecule has 0 spiro atoms. The largest absolute Gasteiger partial charge is 0.444 e. The Morgan fingerprint density at radius 3 is 2.39 bits per heavy atom. The molecular formula is C26H30N4O3. The van der Waals surface area contributed by atoms with Crippen LogP contribution in [0, 0.1) is 0 Å². The first-order valence-corrected chi connectivity index (χ1v) is 11.0. The number of para-hydroxylation sites is 1. The van der Waals surface area contributed by atoms with Gasteiger partial charge in [-0.3, -0.25) is 4.79 Å². The maximum atomic E-state index is 13.4. The standard InChI is InChI=1S/C26H30N4O3/c1-26(2,3)33-25(32)28-21(15-17-16-30(5)22-11-7-6-9-18(17)22)24(31)27-20-10-8-12-23-19(20)13-14-29(23)4/h6-14,16,21H,15H2,1-5H3,(H,27,31)(H,28,32). The van der Waals surface area contributed by atoms with Gasteiger partial charge in [-0.1, -0.05) is 24.3 Å². The van der Waals surface area contributed by atoms with Gasteiger partial charge >= 0.3 is 6.09 Å². The third-order valence-electron chi connectivity index (χ3n) is 5.60. The molecule has 2 aromatic heterocycles. The van der Waals surface area contributed by atoms with Crippen molar-refractivity contribution in [3.05, 3.63) is 66.5 Å². The molecule has 0 aliphatic rings. The lowest BCUT2D eigenvalue weighted by Gasteiger charge is -2.23. The van der Waals surface area contributed by atoms with E-state index >= 15 is 0 Å². The summed E-state index contributed by atoms with van der Waals surface area (Å²) in [6.07, 6.45) is 3.66. The number of fused-ring (bicyclic) bond motifs is 2. The van der Waals surface area contributed by atoms with E-state index < -0.39 is 17.7 Å². The van der Waals surface area contributed by atoms with Gasteiger partial charge < -0.3 is 24.5 Å². The Hall–Kier alpha value is -3.74. The molecule has 1 unspecified atom stereocenters. The quantitative estimate of drug-likeness (QED) is 0.465. The van der Waals surface area contributed by atoms with Crippen LogP contribution in [0.25, 0.3) is 21.8 Å². The van der Waals surface area contributed by atoms with Crippen LogP contribution in [0.1, 0.15) is 26.3 Å². The van der Waals surface area contributed by atoms with Crippen LogP contribution >= 0.6 is 0 Å². The second kappa shape index (κ2) is 8.65. The lowest BCUT2D eigenvalue weighted by molar-refractivity contribution is -0.118. The van der Waals surface area contributed by atoms with Crippen molar-refractivity contribution in [3.8, 4) is 0 Å². The van der Waals surface area contributed by atoms with Gasteiger partial charge in [-0.15, -0.1) is 0 Å². The zero-order valence-electron chi connectivity index (χ0n) is 19.7. The van der Waals surface area contributed by atoms with Crippen molar-refractivity contribution >= 4 is 39.5 Å². The number of aryl methyl sites for hydroxylation is 2. The van der Waals surface area contributed by atoms with E-state index in [4.69, 9.17) is 4.74 Å². The van der Waals surface area contributed by atoms with Gasteiger partial charge in [0.1, 0.15) is 11.6 Å². The van der Waals surface area contributed by atoms with E-state index in [9.17, 15) is 9.59 Å². The Morgan fingerprint density at radius 2 is 1.64 bits per heavy atom. The lowest BCUT2D eigenvalue weighted by atomic mass is 10.0. The molecule has 2 aromatic carbocycles. The van der Waals surface area contributed by atoms with Crippen LogP contribution < -0.4 is 10.6 Å². The number of amides is 2. The van der Waals surface area contributed by atoms with E-state index in [2.05, 4.69) is 10.6 Å². The van der Waals surface area contributed by atoms with Gasteiger partial charge in [0, 0.05) is 54.7 Å². The first kappa shape index (κ1) is 22.5. The van der Waals surface area contributed by atoms with Crippen LogP contribution in [0.5, 0.6) is 0 Å². The van der Waals surface area contributed by atoms with Gasteiger partial charge in [-0.2, -0.15) is 0 Å². The van der Waals surface area contributed by atoms with Crippen molar-refractivity contribution in [2.75, 3.05) is 5.32 Å². The molecule has 2 N–H and O–H groups in total. The average Bonchev–Trinajstić information content (AvgIpc) is 3.27. The molecule has 4 aromatic rings. The monoisotopic (exact) mass is 446 g/mol. The summed E-state index contributed by atoms with van der Waals surface area (Å²) in [6, 6.07) is 14.9. The Kier molecular flexibility index (Phi) is 5.89. The topological polar surface area (TPSA) is 77.3 Å². The van der Waals surface area contributed by atoms with Crippen molar-refractivity contribution < 1.29 is 14.3 Å². The molecule has 2 heterocycles. The molecule has 0 aliphatic heterocycles. The number of hydrogen-bond acceptors (Lipinski definition) is 3. The number of rotatable bonds is 5. The fourth-order valence-electron chi connectivity index (χ4n) is 4.10. The highest BCUT2D eigenvalue weighted by Crippen LogP contribution is 2.25. The molecule has 0 saturated carbocycles. The third-order valence-corrected chi connectivity index (χ3v) is 5.60. The van der Waals surface area contributed by atoms with Crippen LogP contribution in [-0.4, -0.2) is 32.8 Å². The van der Waals surface area contributed by atoms with Crippen LogP contribution in [0.3, 0.4) is 0 Å². The minimum atomic E-state index is -0.815. The van der Waals surface area contributed by atoms with Crippen molar-refractivity contribution in [1.29, 1.82) is 0 Å². The summed E-state index contributed by atoms with van der Waals surface area (Å²) in [5.41, 5.74) is 3.09. The van der Waals surface area contributed by atoms with E-state index in [1.54, 1.807) is 20.8 Å². The number of ether oxygens (including phenoxy) is 1. The Balaban J connectivity index is 1.64. The first-order chi connectivity index (χ1) is 15.6. The number of nitrogens with one attached hydrogen (secondary N) is 2. The van der Waals surface area contributed by atoms with E-state index in [-0.39, 0.29) is 5.91 Å². The first-order valence-electron chi connectivity index (χ1n) is 11.0. The van der Waals surface area contributed by atoms with Crippen molar-refractivity contribution in [1.82, 2.24) is 14.5 Å². The highest BCUT2D eigenvalue weighted by Gasteiger charge is 2.26. The van der Waals surface area contributed by atoms with E-state index in [1.807, 2.05) is 84.2 Å². The summed E-state index contributed by atoms with van der Waals surface area (Å²) in [7, 11) is 3.93. The molecule has 1 atom stereocenters. The van der Waals surface area contributed by atoms with Crippen LogP contribution in [-0.2, 0) is 30.0 Å². The maximum absolute atomic E-state index is 13.4. The van der Waals surface area contributed by atoms with Crippen LogP contribution in [0.4, 0.5) is 10.5 Å². The molecule has 33 heavy (non-hydrogen) atoms. The fraction of sp³-hybridized carbons (Fsp3) is 0.308. The molecular weight excluding hydrogens is 416 g/mol. The summed E-state index contributed by atoms with van der Waals surface area (Å²) in [5, 5.41) is 7.78. The molecule has 0 fully saturated rings. The Bertz CT molecular complexity index is 1330. The number of aromatic nitrogens is 2. The number of carbonyl (C=O) groups is 2. The molecule has 0 saturated heterocycles. The highest BCUT2D eigenvalue weighted by atomic mass is 16.6. The normalized spacial score (nSPS) is 12.6. The summed E-state index contributed by atoms with van der Waals surface area (Å²) in [6.45, 7) is 5.38. The fourth-order valence-corrected chi connectivity index (χ4v) is 4.10. The summed E-state index contributed by atoms with van der Waals surface area (Å²) in [5.74, 6) is -0.301. The minimum Gasteiger partial charge on any atom is -0.444 e. The average molecular weight is 447 g/mol. The Labute approximate surface area is 193 Å². The van der Waals surface area contributed by atoms with E-state index in [0.29, 0.717) is 12.1 Å². The summed E-state index contributed by atoms with van der Waals surface area (Å²) in [4.78, 5) is 26.0. The summed E-state index contributed by atoms with van der Waals surface area (Å²) >= 11 is 0. The number of benzene rings is 2. The van der Waals surface area contributed by atoms with E-state index in [1.165, 1.54) is 0 Å². The molecule has 172 valence electrons. The van der Waals surface area contributed by atoms with Crippen LogP contribution in [0.15, 0.2) is 60.9 Å². The molecule has 7 heteroatoms. The second-order valence-corrected chi connectivity index (χ2v) is 9.34. The SMILES string of the molecule is Cn1cc(CC(NC(=O)OC(C)(C)C)C(=O)Nc2cccc3c2ccn3C)c2ccccc21. The second-order valence-electron chi connectivity index (χ2n) is 9.34. The molecule has 0 radical (unpaired) electrons. The smallest absolute Gasteiger partial charge is 0.408 e.